The minimum absolute atomic E-state index is 0.00424. The van der Waals surface area contributed by atoms with Crippen LogP contribution in [0.4, 0.5) is 5.13 Å². The first-order valence-corrected chi connectivity index (χ1v) is 9.88. The van der Waals surface area contributed by atoms with Crippen LogP contribution >= 0.6 is 11.3 Å². The van der Waals surface area contributed by atoms with Crippen molar-refractivity contribution in [2.24, 2.45) is 11.8 Å². The molecule has 1 aromatic heterocycles. The van der Waals surface area contributed by atoms with Gasteiger partial charge in [0.2, 0.25) is 5.91 Å². The summed E-state index contributed by atoms with van der Waals surface area (Å²) in [5.74, 6) is 1.49. The summed E-state index contributed by atoms with van der Waals surface area (Å²) in [7, 11) is 0. The molecule has 25 heavy (non-hydrogen) atoms. The third kappa shape index (κ3) is 5.13. The zero-order valence-corrected chi connectivity index (χ0v) is 16.1. The lowest BCUT2D eigenvalue weighted by Gasteiger charge is -2.34. The molecule has 0 radical (unpaired) electrons. The Bertz CT molecular complexity index is 717. The molecule has 1 fully saturated rings. The predicted molar refractivity (Wildman–Crippen MR) is 104 cm³/mol. The van der Waals surface area contributed by atoms with Gasteiger partial charge in [-0.2, -0.15) is 0 Å². The molecular formula is C20H27N3OS. The van der Waals surface area contributed by atoms with Crippen LogP contribution in [0.15, 0.2) is 29.6 Å². The second-order valence-corrected chi connectivity index (χ2v) is 8.29. The van der Waals surface area contributed by atoms with Crippen LogP contribution in [0, 0.1) is 18.8 Å². The second kappa shape index (κ2) is 8.11. The summed E-state index contributed by atoms with van der Waals surface area (Å²) in [4.78, 5) is 19.3. The van der Waals surface area contributed by atoms with Crippen molar-refractivity contribution in [1.82, 2.24) is 9.88 Å². The normalized spacial score (nSPS) is 21.2. The summed E-state index contributed by atoms with van der Waals surface area (Å²) in [5, 5.41) is 5.71. The Morgan fingerprint density at radius 2 is 2.00 bits per heavy atom. The number of aryl methyl sites for hydroxylation is 1. The topological polar surface area (TPSA) is 45.2 Å². The van der Waals surface area contributed by atoms with Crippen LogP contribution in [0.3, 0.4) is 0 Å². The van der Waals surface area contributed by atoms with Gasteiger partial charge in [0.05, 0.1) is 12.1 Å². The highest BCUT2D eigenvalue weighted by molar-refractivity contribution is 7.13. The minimum Gasteiger partial charge on any atom is -0.302 e. The summed E-state index contributed by atoms with van der Waals surface area (Å²) < 4.78 is 0. The van der Waals surface area contributed by atoms with Gasteiger partial charge < -0.3 is 5.32 Å². The van der Waals surface area contributed by atoms with Crippen molar-refractivity contribution in [3.8, 4) is 0 Å². The number of rotatable bonds is 5. The van der Waals surface area contributed by atoms with Gasteiger partial charge in [0.1, 0.15) is 0 Å². The lowest BCUT2D eigenvalue weighted by atomic mass is 9.92. The first-order valence-electron chi connectivity index (χ1n) is 9.00. The fraction of sp³-hybridized carbons (Fsp3) is 0.500. The molecular weight excluding hydrogens is 330 g/mol. The summed E-state index contributed by atoms with van der Waals surface area (Å²) in [6.45, 7) is 9.82. The minimum atomic E-state index is -0.00424. The maximum Gasteiger partial charge on any atom is 0.230 e. The Balaban J connectivity index is 1.54. The molecule has 1 aliphatic heterocycles. The van der Waals surface area contributed by atoms with E-state index in [4.69, 9.17) is 0 Å². The van der Waals surface area contributed by atoms with E-state index in [9.17, 15) is 4.79 Å². The largest absolute Gasteiger partial charge is 0.302 e. The van der Waals surface area contributed by atoms with Crippen molar-refractivity contribution in [1.29, 1.82) is 0 Å². The van der Waals surface area contributed by atoms with Gasteiger partial charge in [0, 0.05) is 25.0 Å². The Kier molecular flexibility index (Phi) is 5.86. The van der Waals surface area contributed by atoms with Gasteiger partial charge in [0.25, 0.3) is 0 Å². The quantitative estimate of drug-likeness (QED) is 0.876. The standard InChI is InChI=1S/C20H27N3OS/c1-14-8-15(2)11-23(10-14)12-18-13-25-20(21-18)22-19(24)9-17-7-5-4-6-16(17)3/h4-7,13-15H,8-12H2,1-3H3,(H,21,22,24)/t14-,15+. The van der Waals surface area contributed by atoms with Gasteiger partial charge in [-0.15, -0.1) is 11.3 Å². The Morgan fingerprint density at radius 3 is 2.72 bits per heavy atom. The molecule has 0 bridgehead atoms. The van der Waals surface area contributed by atoms with Gasteiger partial charge in [-0.25, -0.2) is 4.98 Å². The molecule has 0 unspecified atom stereocenters. The van der Waals surface area contributed by atoms with Gasteiger partial charge >= 0.3 is 0 Å². The molecule has 2 aromatic rings. The molecule has 0 spiro atoms. The highest BCUT2D eigenvalue weighted by Crippen LogP contribution is 2.24. The number of thiazole rings is 1. The number of hydrogen-bond donors (Lipinski definition) is 1. The SMILES string of the molecule is Cc1ccccc1CC(=O)Nc1nc(CN2C[C@H](C)C[C@H](C)C2)cs1. The molecule has 1 N–H and O–H groups in total. The van der Waals surface area contributed by atoms with E-state index in [2.05, 4.69) is 34.4 Å². The van der Waals surface area contributed by atoms with Crippen molar-refractivity contribution in [2.75, 3.05) is 18.4 Å². The van der Waals surface area contributed by atoms with Crippen LogP contribution in [-0.2, 0) is 17.8 Å². The van der Waals surface area contributed by atoms with E-state index < -0.39 is 0 Å². The molecule has 134 valence electrons. The van der Waals surface area contributed by atoms with E-state index in [1.165, 1.54) is 17.8 Å². The van der Waals surface area contributed by atoms with E-state index in [-0.39, 0.29) is 5.91 Å². The van der Waals surface area contributed by atoms with Crippen LogP contribution < -0.4 is 5.32 Å². The number of carbonyl (C=O) groups is 1. The van der Waals surface area contributed by atoms with Crippen molar-refractivity contribution < 1.29 is 4.79 Å². The molecule has 0 saturated carbocycles. The summed E-state index contributed by atoms with van der Waals surface area (Å²) in [6, 6.07) is 8.00. The van der Waals surface area contributed by atoms with E-state index in [0.29, 0.717) is 11.6 Å². The predicted octanol–water partition coefficient (Wildman–Crippen LogP) is 4.11. The maximum absolute atomic E-state index is 12.3. The van der Waals surface area contributed by atoms with Crippen LogP contribution in [0.5, 0.6) is 0 Å². The van der Waals surface area contributed by atoms with E-state index in [1.807, 2.05) is 31.2 Å². The summed E-state index contributed by atoms with van der Waals surface area (Å²) in [6.07, 6.45) is 1.70. The molecule has 2 atom stereocenters. The number of nitrogens with one attached hydrogen (secondary N) is 1. The van der Waals surface area contributed by atoms with Crippen molar-refractivity contribution in [2.45, 2.75) is 40.2 Å². The number of aromatic nitrogens is 1. The third-order valence-corrected chi connectivity index (χ3v) is 5.55. The third-order valence-electron chi connectivity index (χ3n) is 4.74. The van der Waals surface area contributed by atoms with Gasteiger partial charge in [-0.1, -0.05) is 38.1 Å². The summed E-state index contributed by atoms with van der Waals surface area (Å²) in [5.41, 5.74) is 3.26. The lowest BCUT2D eigenvalue weighted by Crippen LogP contribution is -2.38. The Labute approximate surface area is 154 Å². The zero-order chi connectivity index (χ0) is 17.8. The average Bonchev–Trinajstić information content (AvgIpc) is 2.95. The molecule has 4 nitrogen and oxygen atoms in total. The smallest absolute Gasteiger partial charge is 0.230 e. The number of carbonyl (C=O) groups excluding carboxylic acids is 1. The molecule has 3 rings (SSSR count). The van der Waals surface area contributed by atoms with Crippen LogP contribution in [0.25, 0.3) is 0 Å². The number of nitrogens with zero attached hydrogens (tertiary/aromatic N) is 2. The number of piperidine rings is 1. The number of benzene rings is 1. The highest BCUT2D eigenvalue weighted by Gasteiger charge is 2.22. The Hall–Kier alpha value is -1.72. The fourth-order valence-electron chi connectivity index (χ4n) is 3.73. The number of likely N-dealkylation sites (tertiary alicyclic amines) is 1. The van der Waals surface area contributed by atoms with Crippen LogP contribution in [0.2, 0.25) is 0 Å². The zero-order valence-electron chi connectivity index (χ0n) is 15.3. The van der Waals surface area contributed by atoms with Gasteiger partial charge in [0.15, 0.2) is 5.13 Å². The van der Waals surface area contributed by atoms with E-state index in [0.717, 1.165) is 48.3 Å². The van der Waals surface area contributed by atoms with Crippen molar-refractivity contribution in [3.05, 3.63) is 46.5 Å². The molecule has 1 amide bonds. The van der Waals surface area contributed by atoms with E-state index in [1.54, 1.807) is 0 Å². The average molecular weight is 358 g/mol. The summed E-state index contributed by atoms with van der Waals surface area (Å²) >= 11 is 1.51. The number of amides is 1. The molecule has 1 aliphatic rings. The van der Waals surface area contributed by atoms with E-state index >= 15 is 0 Å². The molecule has 0 aliphatic carbocycles. The van der Waals surface area contributed by atoms with Crippen molar-refractivity contribution in [3.63, 3.8) is 0 Å². The second-order valence-electron chi connectivity index (χ2n) is 7.44. The molecule has 1 aromatic carbocycles. The number of hydrogen-bond acceptors (Lipinski definition) is 4. The number of anilines is 1. The maximum atomic E-state index is 12.3. The van der Waals surface area contributed by atoms with Gasteiger partial charge in [-0.3, -0.25) is 9.69 Å². The van der Waals surface area contributed by atoms with Crippen LogP contribution in [0.1, 0.15) is 37.1 Å². The van der Waals surface area contributed by atoms with Crippen LogP contribution in [-0.4, -0.2) is 28.9 Å². The Morgan fingerprint density at radius 1 is 1.28 bits per heavy atom. The monoisotopic (exact) mass is 357 g/mol. The first-order chi connectivity index (χ1) is 12.0. The first kappa shape index (κ1) is 18.1. The molecule has 5 heteroatoms. The lowest BCUT2D eigenvalue weighted by molar-refractivity contribution is -0.115. The molecule has 2 heterocycles. The highest BCUT2D eigenvalue weighted by atomic mass is 32.1. The van der Waals surface area contributed by atoms with Crippen molar-refractivity contribution >= 4 is 22.4 Å². The molecule has 1 saturated heterocycles. The van der Waals surface area contributed by atoms with Gasteiger partial charge in [-0.05, 0) is 36.3 Å². The fourth-order valence-corrected chi connectivity index (χ4v) is 4.45.